The van der Waals surface area contributed by atoms with Gasteiger partial charge in [0.15, 0.2) is 5.78 Å². The lowest BCUT2D eigenvalue weighted by Crippen LogP contribution is -2.20. The smallest absolute Gasteiger partial charge is 0.192 e. The van der Waals surface area contributed by atoms with E-state index in [0.717, 1.165) is 24.0 Å². The molecule has 0 amide bonds. The van der Waals surface area contributed by atoms with Crippen molar-refractivity contribution in [2.45, 2.75) is 38.7 Å². The van der Waals surface area contributed by atoms with Crippen molar-refractivity contribution in [2.24, 2.45) is 0 Å². The molecule has 0 radical (unpaired) electrons. The lowest BCUT2D eigenvalue weighted by molar-refractivity contribution is 0.0441. The minimum absolute atomic E-state index is 0.159. The number of hydrogen-bond acceptors (Lipinski definition) is 2. The summed E-state index contributed by atoms with van der Waals surface area (Å²) >= 11 is 0. The van der Waals surface area contributed by atoms with Crippen molar-refractivity contribution in [2.75, 3.05) is 6.61 Å². The van der Waals surface area contributed by atoms with Gasteiger partial charge in [0.1, 0.15) is 6.10 Å². The normalized spacial score (nSPS) is 18.8. The van der Waals surface area contributed by atoms with Crippen molar-refractivity contribution in [1.82, 2.24) is 0 Å². The zero-order chi connectivity index (χ0) is 11.4. The van der Waals surface area contributed by atoms with E-state index < -0.39 is 0 Å². The van der Waals surface area contributed by atoms with Crippen molar-refractivity contribution in [3.8, 4) is 0 Å². The lowest BCUT2D eigenvalue weighted by atomic mass is 10.1. The van der Waals surface area contributed by atoms with Crippen LogP contribution in [0.2, 0.25) is 0 Å². The van der Waals surface area contributed by atoms with E-state index in [2.05, 4.69) is 6.92 Å². The number of benzene rings is 1. The largest absolute Gasteiger partial charge is 0.370 e. The Kier molecular flexibility index (Phi) is 3.73. The van der Waals surface area contributed by atoms with Crippen LogP contribution in [-0.2, 0) is 11.2 Å². The van der Waals surface area contributed by atoms with Crippen LogP contribution in [0.4, 0.5) is 0 Å². The number of ether oxygens (including phenoxy) is 1. The fourth-order valence-electron chi connectivity index (χ4n) is 2.12. The molecule has 16 heavy (non-hydrogen) atoms. The molecule has 0 bridgehead atoms. The first-order valence-electron chi connectivity index (χ1n) is 6.06. The molecule has 0 aromatic heterocycles. The molecule has 2 rings (SSSR count). The second kappa shape index (κ2) is 5.26. The summed E-state index contributed by atoms with van der Waals surface area (Å²) in [6.07, 6.45) is 3.93. The van der Waals surface area contributed by atoms with Gasteiger partial charge < -0.3 is 4.74 Å². The van der Waals surface area contributed by atoms with Gasteiger partial charge in [-0.3, -0.25) is 4.79 Å². The van der Waals surface area contributed by atoms with Gasteiger partial charge in [0.05, 0.1) is 0 Å². The number of hydrogen-bond donors (Lipinski definition) is 0. The summed E-state index contributed by atoms with van der Waals surface area (Å²) in [5, 5.41) is 0. The molecule has 1 aliphatic rings. The summed E-state index contributed by atoms with van der Waals surface area (Å²) in [6.45, 7) is 2.87. The molecular formula is C14H18O2. The highest BCUT2D eigenvalue weighted by molar-refractivity contribution is 6.03. The Labute approximate surface area is 96.6 Å². The van der Waals surface area contributed by atoms with Gasteiger partial charge in [-0.2, -0.15) is 0 Å². The maximum absolute atomic E-state index is 11.9. The van der Waals surface area contributed by atoms with Crippen LogP contribution in [-0.4, -0.2) is 18.5 Å². The van der Waals surface area contributed by atoms with Gasteiger partial charge >= 0.3 is 0 Å². The predicted molar refractivity (Wildman–Crippen MR) is 63.7 cm³/mol. The van der Waals surface area contributed by atoms with Crippen LogP contribution < -0.4 is 0 Å². The van der Waals surface area contributed by atoms with Crippen LogP contribution >= 0.6 is 0 Å². The monoisotopic (exact) mass is 218 g/mol. The summed E-state index contributed by atoms with van der Waals surface area (Å²) in [6, 6.07) is 7.80. The van der Waals surface area contributed by atoms with Gasteiger partial charge in [0, 0.05) is 18.6 Å². The third kappa shape index (κ3) is 2.33. The number of fused-ring (bicyclic) bond motifs is 1. The minimum Gasteiger partial charge on any atom is -0.370 e. The molecule has 2 nitrogen and oxygen atoms in total. The number of Topliss-reactive ketones (excluding diaryl/α,β-unsaturated/α-hetero) is 1. The van der Waals surface area contributed by atoms with E-state index in [0.29, 0.717) is 6.61 Å². The minimum atomic E-state index is -0.228. The number of carbonyl (C=O) groups is 1. The Morgan fingerprint density at radius 2 is 2.12 bits per heavy atom. The summed E-state index contributed by atoms with van der Waals surface area (Å²) in [4.78, 5) is 11.9. The fraction of sp³-hybridized carbons (Fsp3) is 0.500. The third-order valence-corrected chi connectivity index (χ3v) is 3.05. The molecule has 0 saturated carbocycles. The first-order valence-corrected chi connectivity index (χ1v) is 6.06. The molecule has 1 aromatic carbocycles. The highest BCUT2D eigenvalue weighted by Gasteiger charge is 2.30. The van der Waals surface area contributed by atoms with E-state index in [1.807, 2.05) is 24.3 Å². The van der Waals surface area contributed by atoms with E-state index >= 15 is 0 Å². The van der Waals surface area contributed by atoms with Crippen LogP contribution in [0.3, 0.4) is 0 Å². The highest BCUT2D eigenvalue weighted by atomic mass is 16.5. The molecule has 0 fully saturated rings. The molecule has 86 valence electrons. The molecule has 1 aliphatic carbocycles. The van der Waals surface area contributed by atoms with Crippen LogP contribution in [0.5, 0.6) is 0 Å². The average Bonchev–Trinajstić information content (AvgIpc) is 2.63. The van der Waals surface area contributed by atoms with Gasteiger partial charge in [-0.05, 0) is 12.0 Å². The van der Waals surface area contributed by atoms with Gasteiger partial charge in [-0.15, -0.1) is 0 Å². The fourth-order valence-corrected chi connectivity index (χ4v) is 2.12. The number of ketones is 1. The van der Waals surface area contributed by atoms with E-state index in [1.165, 1.54) is 12.8 Å². The number of rotatable bonds is 5. The summed E-state index contributed by atoms with van der Waals surface area (Å²) in [5.41, 5.74) is 1.98. The van der Waals surface area contributed by atoms with Crippen molar-refractivity contribution in [3.63, 3.8) is 0 Å². The summed E-state index contributed by atoms with van der Waals surface area (Å²) < 4.78 is 5.65. The van der Waals surface area contributed by atoms with Crippen molar-refractivity contribution in [1.29, 1.82) is 0 Å². The van der Waals surface area contributed by atoms with Gasteiger partial charge in [-0.1, -0.05) is 44.0 Å². The Morgan fingerprint density at radius 1 is 1.31 bits per heavy atom. The molecular weight excluding hydrogens is 200 g/mol. The van der Waals surface area contributed by atoms with Crippen LogP contribution in [0.15, 0.2) is 24.3 Å². The summed E-state index contributed by atoms with van der Waals surface area (Å²) in [7, 11) is 0. The van der Waals surface area contributed by atoms with Crippen LogP contribution in [0.1, 0.15) is 42.1 Å². The van der Waals surface area contributed by atoms with Crippen molar-refractivity contribution < 1.29 is 9.53 Å². The van der Waals surface area contributed by atoms with E-state index in [4.69, 9.17) is 4.74 Å². The second-order valence-corrected chi connectivity index (χ2v) is 4.29. The van der Waals surface area contributed by atoms with E-state index in [9.17, 15) is 4.79 Å². The van der Waals surface area contributed by atoms with Crippen LogP contribution in [0, 0.1) is 0 Å². The first kappa shape index (κ1) is 11.3. The SMILES string of the molecule is CCCCCOC1Cc2ccccc2C1=O. The van der Waals surface area contributed by atoms with Crippen molar-refractivity contribution >= 4 is 5.78 Å². The Hall–Kier alpha value is -1.15. The second-order valence-electron chi connectivity index (χ2n) is 4.29. The highest BCUT2D eigenvalue weighted by Crippen LogP contribution is 2.23. The van der Waals surface area contributed by atoms with Gasteiger partial charge in [0.2, 0.25) is 0 Å². The van der Waals surface area contributed by atoms with Crippen molar-refractivity contribution in [3.05, 3.63) is 35.4 Å². The molecule has 0 N–H and O–H groups in total. The van der Waals surface area contributed by atoms with Gasteiger partial charge in [0.25, 0.3) is 0 Å². The Balaban J connectivity index is 1.89. The maximum Gasteiger partial charge on any atom is 0.192 e. The quantitative estimate of drug-likeness (QED) is 0.710. The Bertz CT molecular complexity index is 371. The number of unbranched alkanes of at least 4 members (excludes halogenated alkanes) is 2. The topological polar surface area (TPSA) is 26.3 Å². The maximum atomic E-state index is 11.9. The molecule has 0 spiro atoms. The number of carbonyl (C=O) groups excluding carboxylic acids is 1. The standard InChI is InChI=1S/C14H18O2/c1-2-3-6-9-16-13-10-11-7-4-5-8-12(11)14(13)15/h4-5,7-8,13H,2-3,6,9-10H2,1H3. The third-order valence-electron chi connectivity index (χ3n) is 3.05. The zero-order valence-corrected chi connectivity index (χ0v) is 9.74. The molecule has 1 unspecified atom stereocenters. The Morgan fingerprint density at radius 3 is 2.88 bits per heavy atom. The molecule has 0 saturated heterocycles. The van der Waals surface area contributed by atoms with E-state index in [-0.39, 0.29) is 11.9 Å². The molecule has 1 aromatic rings. The van der Waals surface area contributed by atoms with Crippen LogP contribution in [0.25, 0.3) is 0 Å². The first-order chi connectivity index (χ1) is 7.83. The average molecular weight is 218 g/mol. The summed E-state index contributed by atoms with van der Waals surface area (Å²) in [5.74, 6) is 0.159. The molecule has 1 atom stereocenters. The van der Waals surface area contributed by atoms with Gasteiger partial charge in [-0.25, -0.2) is 0 Å². The predicted octanol–water partition coefficient (Wildman–Crippen LogP) is 3.00. The molecule has 2 heteroatoms. The molecule has 0 aliphatic heterocycles. The van der Waals surface area contributed by atoms with E-state index in [1.54, 1.807) is 0 Å². The zero-order valence-electron chi connectivity index (χ0n) is 9.74. The lowest BCUT2D eigenvalue weighted by Gasteiger charge is -2.09. The molecule has 0 heterocycles.